The summed E-state index contributed by atoms with van der Waals surface area (Å²) in [6.45, 7) is -0.550. The van der Waals surface area contributed by atoms with Gasteiger partial charge in [0.2, 0.25) is 0 Å². The molecule has 0 heterocycles. The molecule has 0 fully saturated rings. The number of amides is 3. The van der Waals surface area contributed by atoms with Crippen molar-refractivity contribution in [1.82, 2.24) is 5.32 Å². The second-order valence-corrected chi connectivity index (χ2v) is 2.96. The Morgan fingerprint density at radius 2 is 2.24 bits per heavy atom. The van der Waals surface area contributed by atoms with Gasteiger partial charge < -0.3 is 10.5 Å². The van der Waals surface area contributed by atoms with Crippen molar-refractivity contribution in [3.63, 3.8) is 0 Å². The molecule has 1 rings (SSSR count). The van der Waals surface area contributed by atoms with Crippen LogP contribution in [-0.4, -0.2) is 18.5 Å². The van der Waals surface area contributed by atoms with Gasteiger partial charge in [-0.1, -0.05) is 0 Å². The first-order chi connectivity index (χ1) is 8.02. The number of nitrogens with two attached hydrogens (primary N) is 1. The summed E-state index contributed by atoms with van der Waals surface area (Å²) in [5.41, 5.74) is 4.83. The fraction of sp³-hybridized carbons (Fsp3) is 0.100. The van der Waals surface area contributed by atoms with Crippen LogP contribution in [0.15, 0.2) is 18.2 Å². The molecule has 0 radical (unpaired) electrons. The summed E-state index contributed by atoms with van der Waals surface area (Å²) in [6.07, 6.45) is 0. The number of imide groups is 1. The van der Waals surface area contributed by atoms with Crippen molar-refractivity contribution in [2.24, 2.45) is 5.73 Å². The molecule has 88 valence electrons. The van der Waals surface area contributed by atoms with Crippen LogP contribution in [0.4, 0.5) is 9.18 Å². The Labute approximate surface area is 95.8 Å². The first-order valence-electron chi connectivity index (χ1n) is 4.44. The summed E-state index contributed by atoms with van der Waals surface area (Å²) in [7, 11) is 0. The summed E-state index contributed by atoms with van der Waals surface area (Å²) in [6, 6.07) is 4.26. The van der Waals surface area contributed by atoms with Crippen LogP contribution in [0.25, 0.3) is 0 Å². The van der Waals surface area contributed by atoms with Crippen molar-refractivity contribution in [3.8, 4) is 11.8 Å². The molecule has 0 aliphatic carbocycles. The molecule has 3 amide bonds. The minimum Gasteiger partial charge on any atom is -0.481 e. The standard InChI is InChI=1S/C10H8FN3O3/c11-7-3-6(4-12)1-2-8(7)17-5-9(15)14-10(13)16/h1-3H,5H2,(H3,13,14,15,16). The molecule has 0 bridgehead atoms. The third-order valence-corrected chi connectivity index (χ3v) is 1.68. The number of ether oxygens (including phenoxy) is 1. The first-order valence-corrected chi connectivity index (χ1v) is 4.44. The van der Waals surface area contributed by atoms with Gasteiger partial charge in [-0.05, 0) is 18.2 Å². The Bertz CT molecular complexity index is 496. The topological polar surface area (TPSA) is 105 Å². The van der Waals surface area contributed by atoms with Crippen LogP contribution in [0, 0.1) is 17.1 Å². The second-order valence-electron chi connectivity index (χ2n) is 2.96. The van der Waals surface area contributed by atoms with E-state index in [0.29, 0.717) is 0 Å². The molecular weight excluding hydrogens is 229 g/mol. The summed E-state index contributed by atoms with van der Waals surface area (Å²) in [5.74, 6) is -1.75. The quantitative estimate of drug-likeness (QED) is 0.787. The van der Waals surface area contributed by atoms with Gasteiger partial charge in [-0.25, -0.2) is 9.18 Å². The second kappa shape index (κ2) is 5.46. The molecule has 0 saturated heterocycles. The number of nitrogens with one attached hydrogen (secondary N) is 1. The first kappa shape index (κ1) is 12.4. The van der Waals surface area contributed by atoms with Crippen LogP contribution < -0.4 is 15.8 Å². The van der Waals surface area contributed by atoms with E-state index >= 15 is 0 Å². The van der Waals surface area contributed by atoms with Gasteiger partial charge in [-0.3, -0.25) is 10.1 Å². The monoisotopic (exact) mass is 237 g/mol. The zero-order valence-electron chi connectivity index (χ0n) is 8.57. The summed E-state index contributed by atoms with van der Waals surface area (Å²) < 4.78 is 18.0. The Morgan fingerprint density at radius 3 is 2.76 bits per heavy atom. The maximum absolute atomic E-state index is 13.3. The minimum atomic E-state index is -1.01. The molecule has 0 aromatic heterocycles. The van der Waals surface area contributed by atoms with E-state index < -0.39 is 24.4 Å². The molecule has 1 aromatic carbocycles. The van der Waals surface area contributed by atoms with Crippen LogP contribution in [-0.2, 0) is 4.79 Å². The van der Waals surface area contributed by atoms with Crippen LogP contribution in [0.5, 0.6) is 5.75 Å². The maximum Gasteiger partial charge on any atom is 0.318 e. The van der Waals surface area contributed by atoms with E-state index in [1.165, 1.54) is 12.1 Å². The van der Waals surface area contributed by atoms with E-state index in [-0.39, 0.29) is 11.3 Å². The molecule has 0 spiro atoms. The molecule has 7 heteroatoms. The molecular formula is C10H8FN3O3. The summed E-state index contributed by atoms with van der Waals surface area (Å²) in [4.78, 5) is 21.2. The number of nitrogens with zero attached hydrogens (tertiary/aromatic N) is 1. The number of primary amides is 1. The number of hydrogen-bond acceptors (Lipinski definition) is 4. The van der Waals surface area contributed by atoms with E-state index in [1.807, 2.05) is 0 Å². The van der Waals surface area contributed by atoms with E-state index in [1.54, 1.807) is 11.4 Å². The molecule has 0 aliphatic heterocycles. The van der Waals surface area contributed by atoms with Gasteiger partial charge in [-0.2, -0.15) is 5.26 Å². The van der Waals surface area contributed by atoms with Gasteiger partial charge in [0.05, 0.1) is 11.6 Å². The Hall–Kier alpha value is -2.62. The maximum atomic E-state index is 13.3. The number of carbonyl (C=O) groups is 2. The van der Waals surface area contributed by atoms with Crippen molar-refractivity contribution < 1.29 is 18.7 Å². The third kappa shape index (κ3) is 3.79. The van der Waals surface area contributed by atoms with Gasteiger partial charge in [0.25, 0.3) is 5.91 Å². The van der Waals surface area contributed by atoms with Crippen molar-refractivity contribution in [3.05, 3.63) is 29.6 Å². The lowest BCUT2D eigenvalue weighted by atomic mass is 10.2. The summed E-state index contributed by atoms with van der Waals surface area (Å²) in [5, 5.41) is 10.3. The number of hydrogen-bond donors (Lipinski definition) is 2. The lowest BCUT2D eigenvalue weighted by Crippen LogP contribution is -2.38. The van der Waals surface area contributed by atoms with Crippen molar-refractivity contribution in [1.29, 1.82) is 5.26 Å². The molecule has 17 heavy (non-hydrogen) atoms. The smallest absolute Gasteiger partial charge is 0.318 e. The highest BCUT2D eigenvalue weighted by Gasteiger charge is 2.08. The normalized spacial score (nSPS) is 9.18. The van der Waals surface area contributed by atoms with E-state index in [9.17, 15) is 14.0 Å². The fourth-order valence-electron chi connectivity index (χ4n) is 1.00. The number of carbonyl (C=O) groups excluding carboxylic acids is 2. The third-order valence-electron chi connectivity index (χ3n) is 1.68. The Balaban J connectivity index is 2.61. The van der Waals surface area contributed by atoms with Gasteiger partial charge in [0, 0.05) is 0 Å². The average molecular weight is 237 g/mol. The van der Waals surface area contributed by atoms with E-state index in [2.05, 4.69) is 0 Å². The molecule has 6 nitrogen and oxygen atoms in total. The van der Waals surface area contributed by atoms with Crippen LogP contribution in [0.1, 0.15) is 5.56 Å². The molecule has 0 saturated carbocycles. The number of halogens is 1. The van der Waals surface area contributed by atoms with Gasteiger partial charge in [0.1, 0.15) is 0 Å². The average Bonchev–Trinajstić information content (AvgIpc) is 2.26. The molecule has 3 N–H and O–H groups in total. The zero-order chi connectivity index (χ0) is 12.8. The highest BCUT2D eigenvalue weighted by Crippen LogP contribution is 2.17. The number of nitriles is 1. The molecule has 0 unspecified atom stereocenters. The van der Waals surface area contributed by atoms with Crippen molar-refractivity contribution in [2.45, 2.75) is 0 Å². The number of rotatable bonds is 3. The molecule has 0 aliphatic rings. The SMILES string of the molecule is N#Cc1ccc(OCC(=O)NC(N)=O)c(F)c1. The number of benzene rings is 1. The lowest BCUT2D eigenvalue weighted by molar-refractivity contribution is -0.121. The highest BCUT2D eigenvalue weighted by atomic mass is 19.1. The van der Waals surface area contributed by atoms with Crippen molar-refractivity contribution in [2.75, 3.05) is 6.61 Å². The minimum absolute atomic E-state index is 0.136. The summed E-state index contributed by atoms with van der Waals surface area (Å²) >= 11 is 0. The zero-order valence-corrected chi connectivity index (χ0v) is 8.57. The van der Waals surface area contributed by atoms with Crippen LogP contribution in [0.3, 0.4) is 0 Å². The lowest BCUT2D eigenvalue weighted by Gasteiger charge is -2.06. The van der Waals surface area contributed by atoms with Crippen molar-refractivity contribution >= 4 is 11.9 Å². The van der Waals surface area contributed by atoms with E-state index in [4.69, 9.17) is 15.7 Å². The predicted octanol–water partition coefficient (Wildman–Crippen LogP) is 0.271. The number of urea groups is 1. The Morgan fingerprint density at radius 1 is 1.53 bits per heavy atom. The predicted molar refractivity (Wildman–Crippen MR) is 54.3 cm³/mol. The van der Waals surface area contributed by atoms with Gasteiger partial charge in [0.15, 0.2) is 18.2 Å². The molecule has 0 atom stereocenters. The Kier molecular flexibility index (Phi) is 4.00. The van der Waals surface area contributed by atoms with Crippen LogP contribution in [0.2, 0.25) is 0 Å². The van der Waals surface area contributed by atoms with Gasteiger partial charge in [-0.15, -0.1) is 0 Å². The largest absolute Gasteiger partial charge is 0.481 e. The van der Waals surface area contributed by atoms with E-state index in [0.717, 1.165) is 6.07 Å². The molecule has 1 aromatic rings. The van der Waals surface area contributed by atoms with Crippen LogP contribution >= 0.6 is 0 Å². The highest BCUT2D eigenvalue weighted by molar-refractivity contribution is 5.94. The van der Waals surface area contributed by atoms with Gasteiger partial charge >= 0.3 is 6.03 Å². The fourth-order valence-corrected chi connectivity index (χ4v) is 1.00.